The van der Waals surface area contributed by atoms with Gasteiger partial charge < -0.3 is 4.40 Å². The van der Waals surface area contributed by atoms with E-state index >= 15 is 0 Å². The molecule has 0 radical (unpaired) electrons. The first kappa shape index (κ1) is 12.4. The van der Waals surface area contributed by atoms with Crippen molar-refractivity contribution in [3.63, 3.8) is 0 Å². The molecule has 24 heavy (non-hydrogen) atoms. The third kappa shape index (κ3) is 1.32. The molecule has 6 rings (SSSR count). The van der Waals surface area contributed by atoms with Gasteiger partial charge in [0.25, 0.3) is 0 Å². The van der Waals surface area contributed by atoms with Crippen LogP contribution in [0.2, 0.25) is 0 Å². The summed E-state index contributed by atoms with van der Waals surface area (Å²) in [7, 11) is 0. The largest absolute Gasteiger partial charge is 0.307 e. The van der Waals surface area contributed by atoms with E-state index in [1.165, 1.54) is 54.4 Å². The van der Waals surface area contributed by atoms with E-state index < -0.39 is 0 Å². The van der Waals surface area contributed by atoms with Crippen LogP contribution >= 0.6 is 0 Å². The summed E-state index contributed by atoms with van der Waals surface area (Å²) in [6.45, 7) is 2.20. The molecule has 6 aromatic rings. The smallest absolute Gasteiger partial charge is 0.0620 e. The molecule has 0 saturated heterocycles. The molecule has 1 heteroatoms. The number of hydrogen-bond acceptors (Lipinski definition) is 0. The molecule has 0 aliphatic carbocycles. The maximum atomic E-state index is 2.47. The van der Waals surface area contributed by atoms with Gasteiger partial charge in [0.2, 0.25) is 0 Å². The number of benzene rings is 4. The van der Waals surface area contributed by atoms with Gasteiger partial charge in [-0.2, -0.15) is 0 Å². The topological polar surface area (TPSA) is 4.41 Å². The van der Waals surface area contributed by atoms with E-state index in [9.17, 15) is 0 Å². The number of aromatic nitrogens is 1. The van der Waals surface area contributed by atoms with Crippen LogP contribution in [0.15, 0.2) is 72.8 Å². The first-order valence-corrected chi connectivity index (χ1v) is 8.39. The van der Waals surface area contributed by atoms with Gasteiger partial charge in [0.1, 0.15) is 0 Å². The summed E-state index contributed by atoms with van der Waals surface area (Å²) in [4.78, 5) is 0. The average Bonchev–Trinajstić information content (AvgIpc) is 3.12. The lowest BCUT2D eigenvalue weighted by Gasteiger charge is -2.02. The Morgan fingerprint density at radius 3 is 2.12 bits per heavy atom. The minimum atomic E-state index is 1.30. The zero-order valence-electron chi connectivity index (χ0n) is 13.4. The molecule has 0 amide bonds. The van der Waals surface area contributed by atoms with Crippen molar-refractivity contribution in [3.8, 4) is 0 Å². The van der Waals surface area contributed by atoms with E-state index in [1.54, 1.807) is 0 Å². The minimum Gasteiger partial charge on any atom is -0.307 e. The highest BCUT2D eigenvalue weighted by molar-refractivity contribution is 6.27. The summed E-state index contributed by atoms with van der Waals surface area (Å²) in [5.74, 6) is 0. The maximum absolute atomic E-state index is 2.47. The molecule has 0 bridgehead atoms. The van der Waals surface area contributed by atoms with E-state index in [4.69, 9.17) is 0 Å². The van der Waals surface area contributed by atoms with Crippen LogP contribution in [0.1, 0.15) is 5.56 Å². The van der Waals surface area contributed by atoms with Crippen molar-refractivity contribution in [1.82, 2.24) is 4.40 Å². The SMILES string of the molecule is Cc1cc2c3ccccc3n3c4c5ccccc5ccc4c(c1)c23. The van der Waals surface area contributed by atoms with Crippen molar-refractivity contribution >= 4 is 48.9 Å². The maximum Gasteiger partial charge on any atom is 0.0620 e. The van der Waals surface area contributed by atoms with E-state index in [1.807, 2.05) is 0 Å². The van der Waals surface area contributed by atoms with Crippen LogP contribution in [0.3, 0.4) is 0 Å². The predicted molar refractivity (Wildman–Crippen MR) is 103 cm³/mol. The van der Waals surface area contributed by atoms with Crippen LogP contribution in [0.25, 0.3) is 48.9 Å². The quantitative estimate of drug-likeness (QED) is 0.310. The third-order valence-corrected chi connectivity index (χ3v) is 5.33. The van der Waals surface area contributed by atoms with Crippen LogP contribution in [0.5, 0.6) is 0 Å². The van der Waals surface area contributed by atoms with Gasteiger partial charge in [0, 0.05) is 26.9 Å². The van der Waals surface area contributed by atoms with Gasteiger partial charge in [-0.25, -0.2) is 0 Å². The van der Waals surface area contributed by atoms with Crippen LogP contribution in [-0.2, 0) is 0 Å². The first-order chi connectivity index (χ1) is 11.8. The zero-order valence-corrected chi connectivity index (χ0v) is 13.4. The third-order valence-electron chi connectivity index (χ3n) is 5.33. The standard InChI is InChI=1S/C23H15N/c1-14-12-19-17-8-4-5-9-21(17)24-22-16-7-3-2-6-15(16)10-11-18(22)20(13-14)23(19)24/h2-13H,1H3. The Bertz CT molecular complexity index is 1400. The Balaban J connectivity index is 2.10. The predicted octanol–water partition coefficient (Wildman–Crippen LogP) is 6.30. The number of fused-ring (bicyclic) bond motifs is 8. The Kier molecular flexibility index (Phi) is 2.10. The molecule has 0 N–H and O–H groups in total. The molecule has 0 spiro atoms. The molecule has 0 fully saturated rings. The van der Waals surface area contributed by atoms with Gasteiger partial charge in [-0.05, 0) is 36.1 Å². The summed E-state index contributed by atoms with van der Waals surface area (Å²) < 4.78 is 2.47. The van der Waals surface area contributed by atoms with E-state index in [-0.39, 0.29) is 0 Å². The highest BCUT2D eigenvalue weighted by atomic mass is 14.9. The van der Waals surface area contributed by atoms with Crippen LogP contribution in [-0.4, -0.2) is 4.40 Å². The molecular weight excluding hydrogens is 290 g/mol. The molecule has 2 heterocycles. The molecule has 0 aliphatic rings. The second kappa shape index (κ2) is 4.07. The Morgan fingerprint density at radius 1 is 0.583 bits per heavy atom. The van der Waals surface area contributed by atoms with E-state index in [0.717, 1.165) is 0 Å². The summed E-state index contributed by atoms with van der Waals surface area (Å²) in [6, 6.07) is 26.7. The number of aryl methyl sites for hydroxylation is 1. The highest BCUT2D eigenvalue weighted by Gasteiger charge is 2.18. The van der Waals surface area contributed by atoms with Crippen molar-refractivity contribution in [2.75, 3.05) is 0 Å². The summed E-state index contributed by atoms with van der Waals surface area (Å²) in [5.41, 5.74) is 5.31. The Hall–Kier alpha value is -3.06. The molecule has 1 nitrogen and oxygen atoms in total. The Labute approximate surface area is 139 Å². The fourth-order valence-electron chi connectivity index (χ4n) is 4.39. The van der Waals surface area contributed by atoms with Crippen molar-refractivity contribution in [2.45, 2.75) is 6.92 Å². The summed E-state index contributed by atoms with van der Waals surface area (Å²) in [5, 5.41) is 8.04. The summed E-state index contributed by atoms with van der Waals surface area (Å²) >= 11 is 0. The zero-order chi connectivity index (χ0) is 15.8. The second-order valence-corrected chi connectivity index (χ2v) is 6.74. The minimum absolute atomic E-state index is 1.30. The molecule has 0 aliphatic heterocycles. The van der Waals surface area contributed by atoms with Crippen molar-refractivity contribution < 1.29 is 0 Å². The molecule has 2 aromatic heterocycles. The molecular formula is C23H15N. The lowest BCUT2D eigenvalue weighted by atomic mass is 10.0. The molecule has 112 valence electrons. The number of rotatable bonds is 0. The lowest BCUT2D eigenvalue weighted by molar-refractivity contribution is 1.38. The van der Waals surface area contributed by atoms with Crippen LogP contribution < -0.4 is 0 Å². The molecule has 0 saturated carbocycles. The molecule has 4 aromatic carbocycles. The fraction of sp³-hybridized carbons (Fsp3) is 0.0435. The van der Waals surface area contributed by atoms with Crippen LogP contribution in [0, 0.1) is 6.92 Å². The monoisotopic (exact) mass is 305 g/mol. The van der Waals surface area contributed by atoms with Gasteiger partial charge in [0.05, 0.1) is 16.6 Å². The summed E-state index contributed by atoms with van der Waals surface area (Å²) in [6.07, 6.45) is 0. The second-order valence-electron chi connectivity index (χ2n) is 6.74. The average molecular weight is 305 g/mol. The fourth-order valence-corrected chi connectivity index (χ4v) is 4.39. The van der Waals surface area contributed by atoms with Gasteiger partial charge in [-0.1, -0.05) is 54.6 Å². The molecule has 0 atom stereocenters. The number of nitrogens with zero attached hydrogens (tertiary/aromatic N) is 1. The van der Waals surface area contributed by atoms with E-state index in [0.29, 0.717) is 0 Å². The highest BCUT2D eigenvalue weighted by Crippen LogP contribution is 2.41. The number of hydrogen-bond donors (Lipinski definition) is 0. The normalized spacial score (nSPS) is 12.4. The van der Waals surface area contributed by atoms with Gasteiger partial charge in [-0.15, -0.1) is 0 Å². The van der Waals surface area contributed by atoms with Crippen molar-refractivity contribution in [2.24, 2.45) is 0 Å². The van der Waals surface area contributed by atoms with Gasteiger partial charge >= 0.3 is 0 Å². The first-order valence-electron chi connectivity index (χ1n) is 8.39. The van der Waals surface area contributed by atoms with Crippen molar-refractivity contribution in [1.29, 1.82) is 0 Å². The van der Waals surface area contributed by atoms with Gasteiger partial charge in [0.15, 0.2) is 0 Å². The van der Waals surface area contributed by atoms with Gasteiger partial charge in [-0.3, -0.25) is 0 Å². The van der Waals surface area contributed by atoms with Crippen molar-refractivity contribution in [3.05, 3.63) is 78.4 Å². The van der Waals surface area contributed by atoms with E-state index in [2.05, 4.69) is 84.1 Å². The molecule has 0 unspecified atom stereocenters. The Morgan fingerprint density at radius 2 is 1.25 bits per heavy atom. The van der Waals surface area contributed by atoms with Crippen LogP contribution in [0.4, 0.5) is 0 Å². The number of para-hydroxylation sites is 1. The lowest BCUT2D eigenvalue weighted by Crippen LogP contribution is -1.82.